The maximum Gasteiger partial charge on any atom is 0.160 e. The number of fused-ring (bicyclic) bond motifs is 3. The SMILES string of the molecule is c1ccc(-c2nc(-c3cc(-c4ccncc4)cc(-c4ccncc4)c3)cc(-c3cccc4c3sc3ccccc34)n2)cc1. The van der Waals surface area contributed by atoms with Crippen molar-refractivity contribution in [3.63, 3.8) is 0 Å². The summed E-state index contributed by atoms with van der Waals surface area (Å²) in [5.74, 6) is 0.700. The summed E-state index contributed by atoms with van der Waals surface area (Å²) in [5, 5.41) is 2.52. The lowest BCUT2D eigenvalue weighted by Crippen LogP contribution is -1.96. The van der Waals surface area contributed by atoms with Crippen LogP contribution in [0.15, 0.2) is 146 Å². The zero-order chi connectivity index (χ0) is 28.6. The number of hydrogen-bond donors (Lipinski definition) is 0. The summed E-state index contributed by atoms with van der Waals surface area (Å²) in [7, 11) is 0. The van der Waals surface area contributed by atoms with Gasteiger partial charge in [-0.25, -0.2) is 9.97 Å². The van der Waals surface area contributed by atoms with E-state index in [9.17, 15) is 0 Å². The molecular formula is C38H24N4S. The van der Waals surface area contributed by atoms with Crippen molar-refractivity contribution >= 4 is 31.5 Å². The largest absolute Gasteiger partial charge is 0.265 e. The van der Waals surface area contributed by atoms with Gasteiger partial charge in [-0.05, 0) is 76.9 Å². The standard InChI is InChI=1S/C38H24N4S/c1-2-7-27(8-3-1)38-41-34(24-35(42-38)33-11-6-10-32-31-9-4-5-12-36(31)43-37(32)33)30-22-28(25-13-17-39-18-14-25)21-29(23-30)26-15-19-40-20-16-26/h1-24H. The third-order valence-electron chi connectivity index (χ3n) is 7.69. The third kappa shape index (κ3) is 4.76. The van der Waals surface area contributed by atoms with E-state index in [1.54, 1.807) is 0 Å². The van der Waals surface area contributed by atoms with Gasteiger partial charge in [0.15, 0.2) is 5.82 Å². The van der Waals surface area contributed by atoms with Crippen molar-refractivity contribution in [2.24, 2.45) is 0 Å². The zero-order valence-corrected chi connectivity index (χ0v) is 23.9. The Kier molecular flexibility index (Phi) is 6.28. The van der Waals surface area contributed by atoms with Gasteiger partial charge in [0.25, 0.3) is 0 Å². The zero-order valence-electron chi connectivity index (χ0n) is 23.1. The van der Waals surface area contributed by atoms with Crippen LogP contribution < -0.4 is 0 Å². The average Bonchev–Trinajstić information content (AvgIpc) is 3.48. The van der Waals surface area contributed by atoms with Crippen LogP contribution in [-0.4, -0.2) is 19.9 Å². The van der Waals surface area contributed by atoms with Crippen LogP contribution in [0.4, 0.5) is 0 Å². The summed E-state index contributed by atoms with van der Waals surface area (Å²) in [6.07, 6.45) is 7.32. The minimum absolute atomic E-state index is 0.700. The monoisotopic (exact) mass is 568 g/mol. The molecule has 8 rings (SSSR count). The van der Waals surface area contributed by atoms with Crippen molar-refractivity contribution in [3.05, 3.63) is 146 Å². The Bertz CT molecular complexity index is 2170. The van der Waals surface area contributed by atoms with Crippen molar-refractivity contribution in [2.45, 2.75) is 0 Å². The fraction of sp³-hybridized carbons (Fsp3) is 0. The van der Waals surface area contributed by atoms with Gasteiger partial charge < -0.3 is 0 Å². The lowest BCUT2D eigenvalue weighted by atomic mass is 9.95. The Morgan fingerprint density at radius 2 is 1.02 bits per heavy atom. The quantitative estimate of drug-likeness (QED) is 0.207. The normalized spacial score (nSPS) is 11.3. The smallest absolute Gasteiger partial charge is 0.160 e. The van der Waals surface area contributed by atoms with Gasteiger partial charge >= 0.3 is 0 Å². The average molecular weight is 569 g/mol. The van der Waals surface area contributed by atoms with Crippen LogP contribution in [0.3, 0.4) is 0 Å². The van der Waals surface area contributed by atoms with Gasteiger partial charge in [0.1, 0.15) is 0 Å². The van der Waals surface area contributed by atoms with Crippen LogP contribution >= 0.6 is 11.3 Å². The fourth-order valence-corrected chi connectivity index (χ4v) is 6.82. The second-order valence-corrected chi connectivity index (χ2v) is 11.4. The topological polar surface area (TPSA) is 51.6 Å². The van der Waals surface area contributed by atoms with Crippen LogP contribution in [0.25, 0.3) is 76.3 Å². The minimum atomic E-state index is 0.700. The van der Waals surface area contributed by atoms with E-state index < -0.39 is 0 Å². The van der Waals surface area contributed by atoms with Crippen molar-refractivity contribution in [1.29, 1.82) is 0 Å². The van der Waals surface area contributed by atoms with E-state index in [4.69, 9.17) is 9.97 Å². The van der Waals surface area contributed by atoms with Crippen molar-refractivity contribution in [2.75, 3.05) is 0 Å². The van der Waals surface area contributed by atoms with E-state index in [2.05, 4.69) is 88.8 Å². The van der Waals surface area contributed by atoms with E-state index in [0.717, 1.165) is 50.3 Å². The molecule has 4 aromatic carbocycles. The van der Waals surface area contributed by atoms with Crippen LogP contribution in [0, 0.1) is 0 Å². The Balaban J connectivity index is 1.38. The van der Waals surface area contributed by atoms with E-state index in [1.165, 1.54) is 20.2 Å². The summed E-state index contributed by atoms with van der Waals surface area (Å²) in [5.41, 5.74) is 9.27. The van der Waals surface area contributed by atoms with Gasteiger partial charge in [-0.3, -0.25) is 9.97 Å². The molecule has 0 N–H and O–H groups in total. The molecule has 0 aliphatic carbocycles. The summed E-state index contributed by atoms with van der Waals surface area (Å²) in [4.78, 5) is 18.8. The van der Waals surface area contributed by atoms with E-state index in [0.29, 0.717) is 5.82 Å². The molecule has 4 nitrogen and oxygen atoms in total. The number of benzene rings is 4. The molecule has 0 aliphatic heterocycles. The second kappa shape index (κ2) is 10.7. The highest BCUT2D eigenvalue weighted by atomic mass is 32.1. The molecule has 0 saturated carbocycles. The highest BCUT2D eigenvalue weighted by Crippen LogP contribution is 2.41. The van der Waals surface area contributed by atoms with Crippen molar-refractivity contribution in [3.8, 4) is 56.2 Å². The van der Waals surface area contributed by atoms with Gasteiger partial charge in [-0.15, -0.1) is 11.3 Å². The number of pyridine rings is 2. The van der Waals surface area contributed by atoms with Crippen LogP contribution in [0.2, 0.25) is 0 Å². The van der Waals surface area contributed by atoms with Gasteiger partial charge in [-0.1, -0.05) is 66.7 Å². The van der Waals surface area contributed by atoms with Crippen LogP contribution in [0.5, 0.6) is 0 Å². The molecule has 0 radical (unpaired) electrons. The molecule has 0 amide bonds. The number of thiophene rings is 1. The molecule has 0 saturated heterocycles. The molecule has 0 aliphatic rings. The first kappa shape index (κ1) is 25.2. The Labute approximate surface area is 253 Å². The molecule has 43 heavy (non-hydrogen) atoms. The number of rotatable bonds is 5. The molecule has 202 valence electrons. The van der Waals surface area contributed by atoms with Crippen LogP contribution in [0.1, 0.15) is 0 Å². The lowest BCUT2D eigenvalue weighted by Gasteiger charge is -2.13. The van der Waals surface area contributed by atoms with Gasteiger partial charge in [0.2, 0.25) is 0 Å². The first-order valence-electron chi connectivity index (χ1n) is 14.1. The molecule has 0 bridgehead atoms. The number of nitrogens with zero attached hydrogens (tertiary/aromatic N) is 4. The molecule has 0 atom stereocenters. The maximum absolute atomic E-state index is 5.16. The Morgan fingerprint density at radius 1 is 0.419 bits per heavy atom. The van der Waals surface area contributed by atoms with Crippen molar-refractivity contribution < 1.29 is 0 Å². The van der Waals surface area contributed by atoms with Gasteiger partial charge in [-0.2, -0.15) is 0 Å². The molecule has 0 spiro atoms. The molecule has 8 aromatic rings. The minimum Gasteiger partial charge on any atom is -0.265 e. The molecule has 5 heteroatoms. The Morgan fingerprint density at radius 3 is 1.74 bits per heavy atom. The number of aromatic nitrogens is 4. The summed E-state index contributed by atoms with van der Waals surface area (Å²) < 4.78 is 2.50. The molecule has 4 aromatic heterocycles. The first-order chi connectivity index (χ1) is 21.3. The summed E-state index contributed by atoms with van der Waals surface area (Å²) in [6, 6.07) is 42.3. The van der Waals surface area contributed by atoms with E-state index >= 15 is 0 Å². The highest BCUT2D eigenvalue weighted by molar-refractivity contribution is 7.26. The third-order valence-corrected chi connectivity index (χ3v) is 8.91. The van der Waals surface area contributed by atoms with E-state index in [1.807, 2.05) is 78.6 Å². The number of hydrogen-bond acceptors (Lipinski definition) is 5. The van der Waals surface area contributed by atoms with Crippen molar-refractivity contribution in [1.82, 2.24) is 19.9 Å². The summed E-state index contributed by atoms with van der Waals surface area (Å²) in [6.45, 7) is 0. The molecule has 0 unspecified atom stereocenters. The maximum atomic E-state index is 5.16. The second-order valence-electron chi connectivity index (χ2n) is 10.4. The Hall–Kier alpha value is -5.52. The molecule has 0 fully saturated rings. The predicted octanol–water partition coefficient (Wildman–Crippen LogP) is 9.97. The van der Waals surface area contributed by atoms with Gasteiger partial charge in [0, 0.05) is 61.7 Å². The predicted molar refractivity (Wildman–Crippen MR) is 178 cm³/mol. The molecular weight excluding hydrogens is 545 g/mol. The fourth-order valence-electron chi connectivity index (χ4n) is 5.60. The molecule has 4 heterocycles. The lowest BCUT2D eigenvalue weighted by molar-refractivity contribution is 1.19. The van der Waals surface area contributed by atoms with Gasteiger partial charge in [0.05, 0.1) is 11.4 Å². The first-order valence-corrected chi connectivity index (χ1v) is 14.9. The van der Waals surface area contributed by atoms with Crippen LogP contribution in [-0.2, 0) is 0 Å². The highest BCUT2D eigenvalue weighted by Gasteiger charge is 2.16. The van der Waals surface area contributed by atoms with E-state index in [-0.39, 0.29) is 0 Å². The summed E-state index contributed by atoms with van der Waals surface area (Å²) >= 11 is 1.81.